The number of halogens is 2. The molecule has 2 heterocycles. The summed E-state index contributed by atoms with van der Waals surface area (Å²) in [6.07, 6.45) is -0.130. The monoisotopic (exact) mass is 387 g/mol. The van der Waals surface area contributed by atoms with Crippen LogP contribution in [-0.4, -0.2) is 54.8 Å². The van der Waals surface area contributed by atoms with Crippen molar-refractivity contribution < 1.29 is 31.6 Å². The van der Waals surface area contributed by atoms with E-state index in [4.69, 9.17) is 0 Å². The molecule has 0 unspecified atom stereocenters. The van der Waals surface area contributed by atoms with E-state index < -0.39 is 51.4 Å². The number of imide groups is 1. The number of urea groups is 1. The molecule has 2 fully saturated rings. The number of benzene rings is 1. The maximum Gasteiger partial charge on any atom is 0.325 e. The van der Waals surface area contributed by atoms with Crippen LogP contribution in [0, 0.1) is 11.6 Å². The van der Waals surface area contributed by atoms with Gasteiger partial charge in [0, 0.05) is 6.07 Å². The molecular weight excluding hydrogens is 372 g/mol. The van der Waals surface area contributed by atoms with E-state index >= 15 is 0 Å². The topological polar surface area (TPSA) is 113 Å². The Morgan fingerprint density at radius 2 is 1.88 bits per heavy atom. The number of sulfone groups is 1. The first-order valence-corrected chi connectivity index (χ1v) is 9.53. The predicted molar refractivity (Wildman–Crippen MR) is 85.9 cm³/mol. The molecule has 140 valence electrons. The van der Waals surface area contributed by atoms with Crippen LogP contribution in [0.1, 0.15) is 12.8 Å². The quantitative estimate of drug-likeness (QED) is 0.729. The van der Waals surface area contributed by atoms with Crippen LogP contribution in [0.4, 0.5) is 19.3 Å². The zero-order valence-electron chi connectivity index (χ0n) is 13.4. The Bertz CT molecular complexity index is 889. The van der Waals surface area contributed by atoms with Crippen LogP contribution in [0.25, 0.3) is 0 Å². The Labute approximate surface area is 147 Å². The minimum Gasteiger partial charge on any atom is -0.323 e. The van der Waals surface area contributed by atoms with E-state index in [2.05, 4.69) is 10.6 Å². The van der Waals surface area contributed by atoms with Crippen molar-refractivity contribution in [3.63, 3.8) is 0 Å². The van der Waals surface area contributed by atoms with Gasteiger partial charge in [-0.15, -0.1) is 0 Å². The average molecular weight is 387 g/mol. The van der Waals surface area contributed by atoms with Crippen LogP contribution in [0.15, 0.2) is 18.2 Å². The molecule has 26 heavy (non-hydrogen) atoms. The van der Waals surface area contributed by atoms with Gasteiger partial charge in [0.05, 0.1) is 17.2 Å². The number of nitrogens with one attached hydrogen (secondary N) is 2. The minimum atomic E-state index is -3.25. The third-order valence-electron chi connectivity index (χ3n) is 4.43. The second kappa shape index (κ2) is 6.31. The molecule has 3 rings (SSSR count). The molecular formula is C15H15F2N3O5S. The van der Waals surface area contributed by atoms with Gasteiger partial charge in [-0.1, -0.05) is 0 Å². The number of anilines is 1. The van der Waals surface area contributed by atoms with E-state index in [9.17, 15) is 31.6 Å². The standard InChI is InChI=1S/C15H15F2N3O5S/c16-9-1-2-11(10(17)7-9)18-12(21)8-20-13(22)15(19-14(20)23)3-5-26(24,25)6-4-15/h1-2,7H,3-6,8H2,(H,18,21)(H,19,23). The number of carbonyl (C=O) groups is 3. The zero-order valence-corrected chi connectivity index (χ0v) is 14.2. The van der Waals surface area contributed by atoms with E-state index in [0.717, 1.165) is 12.1 Å². The predicted octanol–water partition coefficient (Wildman–Crippen LogP) is 0.402. The molecule has 8 nitrogen and oxygen atoms in total. The highest BCUT2D eigenvalue weighted by molar-refractivity contribution is 7.91. The van der Waals surface area contributed by atoms with E-state index in [-0.39, 0.29) is 30.0 Å². The molecule has 1 spiro atoms. The fourth-order valence-electron chi connectivity index (χ4n) is 2.97. The first kappa shape index (κ1) is 18.2. The van der Waals surface area contributed by atoms with E-state index in [1.807, 2.05) is 0 Å². The van der Waals surface area contributed by atoms with Gasteiger partial charge in [0.15, 0.2) is 9.84 Å². The van der Waals surface area contributed by atoms with Crippen molar-refractivity contribution in [3.8, 4) is 0 Å². The number of hydrogen-bond acceptors (Lipinski definition) is 5. The Kier molecular flexibility index (Phi) is 4.42. The van der Waals surface area contributed by atoms with Gasteiger partial charge in [-0.3, -0.25) is 14.5 Å². The Hall–Kier alpha value is -2.56. The lowest BCUT2D eigenvalue weighted by atomic mass is 9.92. The molecule has 0 radical (unpaired) electrons. The lowest BCUT2D eigenvalue weighted by molar-refractivity contribution is -0.134. The molecule has 0 saturated carbocycles. The van der Waals surface area contributed by atoms with Crippen molar-refractivity contribution in [1.29, 1.82) is 0 Å². The summed E-state index contributed by atoms with van der Waals surface area (Å²) in [6, 6.07) is 1.73. The highest BCUT2D eigenvalue weighted by Gasteiger charge is 2.53. The van der Waals surface area contributed by atoms with Gasteiger partial charge in [-0.2, -0.15) is 0 Å². The van der Waals surface area contributed by atoms with Gasteiger partial charge in [0.1, 0.15) is 23.7 Å². The van der Waals surface area contributed by atoms with Gasteiger partial charge in [-0.25, -0.2) is 22.0 Å². The summed E-state index contributed by atoms with van der Waals surface area (Å²) < 4.78 is 49.5. The lowest BCUT2D eigenvalue weighted by Crippen LogP contribution is -2.52. The summed E-state index contributed by atoms with van der Waals surface area (Å²) in [5.41, 5.74) is -1.62. The molecule has 2 saturated heterocycles. The maximum absolute atomic E-state index is 13.6. The smallest absolute Gasteiger partial charge is 0.323 e. The van der Waals surface area contributed by atoms with E-state index in [0.29, 0.717) is 11.0 Å². The maximum atomic E-state index is 13.6. The van der Waals surface area contributed by atoms with Crippen LogP contribution < -0.4 is 10.6 Å². The number of amides is 4. The normalized spacial score (nSPS) is 20.9. The van der Waals surface area contributed by atoms with Gasteiger partial charge in [0.2, 0.25) is 5.91 Å². The molecule has 2 aliphatic heterocycles. The molecule has 2 N–H and O–H groups in total. The van der Waals surface area contributed by atoms with Crippen LogP contribution in [0.5, 0.6) is 0 Å². The highest BCUT2D eigenvalue weighted by Crippen LogP contribution is 2.30. The van der Waals surface area contributed by atoms with Crippen molar-refractivity contribution in [2.24, 2.45) is 0 Å². The summed E-state index contributed by atoms with van der Waals surface area (Å²) in [7, 11) is -3.25. The molecule has 0 aliphatic carbocycles. The third-order valence-corrected chi connectivity index (χ3v) is 6.08. The molecule has 0 bridgehead atoms. The largest absolute Gasteiger partial charge is 0.325 e. The van der Waals surface area contributed by atoms with Gasteiger partial charge in [-0.05, 0) is 25.0 Å². The molecule has 1 aromatic rings. The van der Waals surface area contributed by atoms with Crippen molar-refractivity contribution in [2.45, 2.75) is 18.4 Å². The molecule has 2 aliphatic rings. The number of nitrogens with zero attached hydrogens (tertiary/aromatic N) is 1. The molecule has 11 heteroatoms. The second-order valence-electron chi connectivity index (χ2n) is 6.23. The summed E-state index contributed by atoms with van der Waals surface area (Å²) in [6.45, 7) is -0.671. The average Bonchev–Trinajstić information content (AvgIpc) is 2.78. The van der Waals surface area contributed by atoms with Gasteiger partial charge >= 0.3 is 6.03 Å². The van der Waals surface area contributed by atoms with Crippen LogP contribution in [0.2, 0.25) is 0 Å². The fourth-order valence-corrected chi connectivity index (χ4v) is 4.49. The summed E-state index contributed by atoms with van der Waals surface area (Å²) in [5, 5.41) is 4.62. The van der Waals surface area contributed by atoms with Gasteiger partial charge in [0.25, 0.3) is 5.91 Å². The number of rotatable bonds is 3. The van der Waals surface area contributed by atoms with Crippen molar-refractivity contribution in [2.75, 3.05) is 23.4 Å². The Morgan fingerprint density at radius 1 is 1.23 bits per heavy atom. The van der Waals surface area contributed by atoms with Crippen LogP contribution >= 0.6 is 0 Å². The molecule has 1 aromatic carbocycles. The van der Waals surface area contributed by atoms with E-state index in [1.54, 1.807) is 0 Å². The zero-order chi connectivity index (χ0) is 19.1. The van der Waals surface area contributed by atoms with Crippen LogP contribution in [0.3, 0.4) is 0 Å². The molecule has 0 aromatic heterocycles. The summed E-state index contributed by atoms with van der Waals surface area (Å²) >= 11 is 0. The van der Waals surface area contributed by atoms with Crippen molar-refractivity contribution in [1.82, 2.24) is 10.2 Å². The fraction of sp³-hybridized carbons (Fsp3) is 0.400. The Balaban J connectivity index is 1.69. The molecule has 0 atom stereocenters. The number of carbonyl (C=O) groups excluding carboxylic acids is 3. The van der Waals surface area contributed by atoms with Crippen LogP contribution in [-0.2, 0) is 19.4 Å². The lowest BCUT2D eigenvalue weighted by Gasteiger charge is -2.30. The summed E-state index contributed by atoms with van der Waals surface area (Å²) in [4.78, 5) is 37.3. The molecule has 4 amide bonds. The van der Waals surface area contributed by atoms with Gasteiger partial charge < -0.3 is 10.6 Å². The second-order valence-corrected chi connectivity index (χ2v) is 8.53. The minimum absolute atomic E-state index is 0.0649. The first-order valence-electron chi connectivity index (χ1n) is 7.71. The SMILES string of the molecule is O=C(CN1C(=O)NC2(CCS(=O)(=O)CC2)C1=O)Nc1ccc(F)cc1F. The van der Waals surface area contributed by atoms with Crippen molar-refractivity contribution in [3.05, 3.63) is 29.8 Å². The highest BCUT2D eigenvalue weighted by atomic mass is 32.2. The third kappa shape index (κ3) is 3.39. The summed E-state index contributed by atoms with van der Waals surface area (Å²) in [5.74, 6) is -3.82. The Morgan fingerprint density at radius 3 is 2.50 bits per heavy atom. The number of hydrogen-bond donors (Lipinski definition) is 2. The van der Waals surface area contributed by atoms with Crippen molar-refractivity contribution >= 4 is 33.4 Å². The van der Waals surface area contributed by atoms with E-state index in [1.165, 1.54) is 0 Å². The first-order chi connectivity index (χ1) is 12.1.